The van der Waals surface area contributed by atoms with Gasteiger partial charge in [0.1, 0.15) is 12.2 Å². The third kappa shape index (κ3) is 3.73. The highest BCUT2D eigenvalue weighted by Crippen LogP contribution is 2.15. The Morgan fingerprint density at radius 2 is 2.22 bits per heavy atom. The van der Waals surface area contributed by atoms with E-state index >= 15 is 0 Å². The van der Waals surface area contributed by atoms with Crippen LogP contribution in [-0.4, -0.2) is 42.2 Å². The van der Waals surface area contributed by atoms with E-state index in [1.54, 1.807) is 11.0 Å². The van der Waals surface area contributed by atoms with Crippen LogP contribution in [0.15, 0.2) is 18.3 Å². The van der Waals surface area contributed by atoms with Gasteiger partial charge < -0.3 is 14.7 Å². The van der Waals surface area contributed by atoms with Crippen LogP contribution in [0.3, 0.4) is 0 Å². The smallest absolute Gasteiger partial charge is 0.356 e. The lowest BCUT2D eigenvalue weighted by Crippen LogP contribution is -2.30. The number of carboxylic acids is 1. The molecule has 0 amide bonds. The highest BCUT2D eigenvalue weighted by molar-refractivity contribution is 5.88. The zero-order valence-corrected chi connectivity index (χ0v) is 10.4. The van der Waals surface area contributed by atoms with Crippen LogP contribution in [0.5, 0.6) is 0 Å². The third-order valence-corrected chi connectivity index (χ3v) is 2.32. The number of anilines is 1. The minimum absolute atomic E-state index is 0.113. The van der Waals surface area contributed by atoms with E-state index in [-0.39, 0.29) is 12.2 Å². The second kappa shape index (κ2) is 6.58. The number of hydrogen-bond donors (Lipinski definition) is 1. The van der Waals surface area contributed by atoms with E-state index in [1.165, 1.54) is 19.4 Å². The number of carbonyl (C=O) groups excluding carboxylic acids is 1. The largest absolute Gasteiger partial charge is 0.480 e. The zero-order valence-electron chi connectivity index (χ0n) is 10.4. The van der Waals surface area contributed by atoms with Crippen LogP contribution >= 0.6 is 0 Å². The summed E-state index contributed by atoms with van der Waals surface area (Å²) in [7, 11) is 1.28. The first-order chi connectivity index (χ1) is 8.58. The molecule has 0 radical (unpaired) electrons. The molecule has 6 heteroatoms. The lowest BCUT2D eigenvalue weighted by molar-refractivity contribution is -0.135. The molecule has 0 saturated heterocycles. The molecule has 0 aromatic carbocycles. The van der Waals surface area contributed by atoms with E-state index in [0.29, 0.717) is 12.2 Å². The van der Waals surface area contributed by atoms with Crippen LogP contribution in [-0.2, 0) is 9.53 Å². The van der Waals surface area contributed by atoms with Gasteiger partial charge in [-0.3, -0.25) is 4.79 Å². The Kier molecular flexibility index (Phi) is 5.10. The molecule has 1 aromatic rings. The Morgan fingerprint density at radius 3 is 2.78 bits per heavy atom. The number of ether oxygens (including phenoxy) is 1. The number of carbonyl (C=O) groups is 2. The molecular formula is C12H16N2O4. The van der Waals surface area contributed by atoms with Gasteiger partial charge in [-0.15, -0.1) is 0 Å². The normalized spacial score (nSPS) is 9.89. The van der Waals surface area contributed by atoms with Gasteiger partial charge >= 0.3 is 11.9 Å². The van der Waals surface area contributed by atoms with Crippen molar-refractivity contribution >= 4 is 17.6 Å². The second-order valence-corrected chi connectivity index (χ2v) is 3.71. The Morgan fingerprint density at radius 1 is 1.50 bits per heavy atom. The van der Waals surface area contributed by atoms with Crippen molar-refractivity contribution in [2.75, 3.05) is 25.1 Å². The van der Waals surface area contributed by atoms with Gasteiger partial charge in [0.15, 0.2) is 0 Å². The molecule has 0 unspecified atom stereocenters. The Balaban J connectivity index is 2.97. The molecule has 1 N–H and O–H groups in total. The summed E-state index contributed by atoms with van der Waals surface area (Å²) in [6.07, 6.45) is 2.27. The molecule has 0 saturated carbocycles. The number of nitrogens with zero attached hydrogens (tertiary/aromatic N) is 2. The van der Waals surface area contributed by atoms with E-state index < -0.39 is 11.9 Å². The number of esters is 1. The van der Waals surface area contributed by atoms with Crippen LogP contribution < -0.4 is 4.90 Å². The molecule has 1 aromatic heterocycles. The maximum atomic E-state index is 11.3. The summed E-state index contributed by atoms with van der Waals surface area (Å²) in [5.41, 5.74) is 0.816. The maximum Gasteiger partial charge on any atom is 0.356 e. The van der Waals surface area contributed by atoms with Crippen molar-refractivity contribution in [1.82, 2.24) is 4.98 Å². The lowest BCUT2D eigenvalue weighted by Gasteiger charge is -2.22. The summed E-state index contributed by atoms with van der Waals surface area (Å²) < 4.78 is 4.58. The van der Waals surface area contributed by atoms with Gasteiger partial charge in [0, 0.05) is 18.4 Å². The quantitative estimate of drug-likeness (QED) is 0.765. The van der Waals surface area contributed by atoms with Crippen molar-refractivity contribution in [3.8, 4) is 0 Å². The average molecular weight is 252 g/mol. The predicted octanol–water partition coefficient (Wildman–Crippen LogP) is 1.17. The van der Waals surface area contributed by atoms with Crippen molar-refractivity contribution in [2.24, 2.45) is 0 Å². The first-order valence-electron chi connectivity index (χ1n) is 5.59. The number of rotatable bonds is 6. The van der Waals surface area contributed by atoms with Gasteiger partial charge in [-0.1, -0.05) is 6.92 Å². The van der Waals surface area contributed by atoms with Gasteiger partial charge in [0.05, 0.1) is 7.11 Å². The highest BCUT2D eigenvalue weighted by atomic mass is 16.5. The molecule has 0 aliphatic carbocycles. The van der Waals surface area contributed by atoms with Gasteiger partial charge in [-0.2, -0.15) is 0 Å². The number of carboxylic acid groups (broad SMARTS) is 1. The molecule has 98 valence electrons. The monoisotopic (exact) mass is 252 g/mol. The van der Waals surface area contributed by atoms with Crippen LogP contribution in [0.2, 0.25) is 0 Å². The van der Waals surface area contributed by atoms with Crippen molar-refractivity contribution in [3.63, 3.8) is 0 Å². The fourth-order valence-electron chi connectivity index (χ4n) is 1.56. The molecule has 0 atom stereocenters. The summed E-state index contributed by atoms with van der Waals surface area (Å²) >= 11 is 0. The van der Waals surface area contributed by atoms with E-state index in [1.807, 2.05) is 6.92 Å². The van der Waals surface area contributed by atoms with Gasteiger partial charge in [-0.05, 0) is 18.6 Å². The summed E-state index contributed by atoms with van der Waals surface area (Å²) in [4.78, 5) is 27.7. The van der Waals surface area contributed by atoms with Crippen molar-refractivity contribution in [2.45, 2.75) is 13.3 Å². The molecule has 18 heavy (non-hydrogen) atoms. The highest BCUT2D eigenvalue weighted by Gasteiger charge is 2.13. The molecule has 1 heterocycles. The van der Waals surface area contributed by atoms with Gasteiger partial charge in [0.2, 0.25) is 0 Å². The van der Waals surface area contributed by atoms with Crippen molar-refractivity contribution < 1.29 is 19.4 Å². The van der Waals surface area contributed by atoms with Crippen LogP contribution in [0.1, 0.15) is 23.8 Å². The molecular weight excluding hydrogens is 236 g/mol. The SMILES string of the molecule is CCCN(CC(=O)O)c1ccnc(C(=O)OC)c1. The maximum absolute atomic E-state index is 11.3. The molecule has 0 fully saturated rings. The van der Waals surface area contributed by atoms with E-state index in [0.717, 1.165) is 6.42 Å². The summed E-state index contributed by atoms with van der Waals surface area (Å²) in [6.45, 7) is 2.44. The lowest BCUT2D eigenvalue weighted by atomic mass is 10.2. The third-order valence-electron chi connectivity index (χ3n) is 2.32. The number of hydrogen-bond acceptors (Lipinski definition) is 5. The van der Waals surface area contributed by atoms with Crippen LogP contribution in [0.4, 0.5) is 5.69 Å². The van der Waals surface area contributed by atoms with E-state index in [4.69, 9.17) is 5.11 Å². The molecule has 0 spiro atoms. The molecule has 0 bridgehead atoms. The predicted molar refractivity (Wildman–Crippen MR) is 65.7 cm³/mol. The molecule has 0 aliphatic heterocycles. The van der Waals surface area contributed by atoms with Crippen molar-refractivity contribution in [1.29, 1.82) is 0 Å². The number of methoxy groups -OCH3 is 1. The molecule has 1 rings (SSSR count). The van der Waals surface area contributed by atoms with Crippen LogP contribution in [0, 0.1) is 0 Å². The topological polar surface area (TPSA) is 79.7 Å². The van der Waals surface area contributed by atoms with Gasteiger partial charge in [0.25, 0.3) is 0 Å². The minimum atomic E-state index is -0.917. The summed E-state index contributed by atoms with van der Waals surface area (Å²) in [5.74, 6) is -1.46. The second-order valence-electron chi connectivity index (χ2n) is 3.71. The standard InChI is InChI=1S/C12H16N2O4/c1-3-6-14(8-11(15)16)9-4-5-13-10(7-9)12(17)18-2/h4-5,7H,3,6,8H2,1-2H3,(H,15,16). The molecule has 6 nitrogen and oxygen atoms in total. The van der Waals surface area contributed by atoms with E-state index in [2.05, 4.69) is 9.72 Å². The van der Waals surface area contributed by atoms with Gasteiger partial charge in [-0.25, -0.2) is 9.78 Å². The van der Waals surface area contributed by atoms with E-state index in [9.17, 15) is 9.59 Å². The first-order valence-corrected chi connectivity index (χ1v) is 5.59. The Labute approximate surface area is 105 Å². The van der Waals surface area contributed by atoms with Crippen molar-refractivity contribution in [3.05, 3.63) is 24.0 Å². The average Bonchev–Trinajstić information content (AvgIpc) is 2.37. The molecule has 0 aliphatic rings. The Bertz CT molecular complexity index is 434. The van der Waals surface area contributed by atoms with Crippen LogP contribution in [0.25, 0.3) is 0 Å². The first kappa shape index (κ1) is 14.0. The fourth-order valence-corrected chi connectivity index (χ4v) is 1.56. The fraction of sp³-hybridized carbons (Fsp3) is 0.417. The minimum Gasteiger partial charge on any atom is -0.480 e. The number of pyridine rings is 1. The zero-order chi connectivity index (χ0) is 13.5. The Hall–Kier alpha value is -2.11. The number of aromatic nitrogens is 1. The summed E-state index contributed by atoms with van der Waals surface area (Å²) in [5, 5.41) is 8.85. The summed E-state index contributed by atoms with van der Waals surface area (Å²) in [6, 6.07) is 3.20. The number of aliphatic carboxylic acids is 1.